The highest BCUT2D eigenvalue weighted by molar-refractivity contribution is 9.10. The number of ether oxygens (including phenoxy) is 1. The maximum Gasteiger partial charge on any atom is 0.220 e. The topological polar surface area (TPSA) is 64.4 Å². The summed E-state index contributed by atoms with van der Waals surface area (Å²) < 4.78 is 12.2. The molecule has 23 heavy (non-hydrogen) atoms. The van der Waals surface area contributed by atoms with Crippen molar-refractivity contribution in [3.8, 4) is 11.3 Å². The van der Waals surface area contributed by atoms with Gasteiger partial charge in [-0.25, -0.2) is 4.98 Å². The largest absolute Gasteiger partial charge is 0.441 e. The number of rotatable bonds is 6. The Kier molecular flexibility index (Phi) is 5.46. The molecule has 3 rings (SSSR count). The Balaban J connectivity index is 1.48. The predicted octanol–water partition coefficient (Wildman–Crippen LogP) is 3.33. The van der Waals surface area contributed by atoms with E-state index in [0.29, 0.717) is 31.0 Å². The molecule has 1 aromatic carbocycles. The molecule has 0 bridgehead atoms. The van der Waals surface area contributed by atoms with Crippen LogP contribution >= 0.6 is 15.9 Å². The Bertz CT molecular complexity index is 665. The Morgan fingerprint density at radius 1 is 1.43 bits per heavy atom. The lowest BCUT2D eigenvalue weighted by Crippen LogP contribution is -2.31. The van der Waals surface area contributed by atoms with Crippen molar-refractivity contribution >= 4 is 21.8 Å². The van der Waals surface area contributed by atoms with E-state index in [1.54, 1.807) is 6.20 Å². The van der Waals surface area contributed by atoms with Crippen molar-refractivity contribution < 1.29 is 13.9 Å². The molecule has 0 spiro atoms. The van der Waals surface area contributed by atoms with Gasteiger partial charge in [0.15, 0.2) is 11.7 Å². The van der Waals surface area contributed by atoms with E-state index in [2.05, 4.69) is 26.2 Å². The van der Waals surface area contributed by atoms with Crippen molar-refractivity contribution in [3.63, 3.8) is 0 Å². The van der Waals surface area contributed by atoms with E-state index in [9.17, 15) is 4.79 Å². The molecule has 2 aromatic rings. The number of benzene rings is 1. The number of oxazole rings is 1. The normalized spacial score (nSPS) is 17.3. The fraction of sp³-hybridized carbons (Fsp3) is 0.412. The summed E-state index contributed by atoms with van der Waals surface area (Å²) in [5.74, 6) is 1.29. The van der Waals surface area contributed by atoms with Crippen LogP contribution in [0.1, 0.15) is 25.2 Å². The summed E-state index contributed by atoms with van der Waals surface area (Å²) in [6, 6.07) is 7.83. The van der Waals surface area contributed by atoms with Crippen molar-refractivity contribution in [2.75, 3.05) is 13.2 Å². The molecule has 0 aliphatic carbocycles. The molecule has 0 saturated carbocycles. The SMILES string of the molecule is O=C(CCc1ncc(-c2cccc(Br)c2)o1)NC[C@H]1CCCO1. The number of aryl methyl sites for hydroxylation is 1. The molecule has 1 N–H and O–H groups in total. The van der Waals surface area contributed by atoms with Crippen LogP contribution in [0.3, 0.4) is 0 Å². The first kappa shape index (κ1) is 16.2. The van der Waals surface area contributed by atoms with Crippen LogP contribution in [0.4, 0.5) is 0 Å². The predicted molar refractivity (Wildman–Crippen MR) is 89.9 cm³/mol. The Morgan fingerprint density at radius 3 is 3.13 bits per heavy atom. The summed E-state index contributed by atoms with van der Waals surface area (Å²) in [4.78, 5) is 16.1. The third-order valence-corrected chi connectivity index (χ3v) is 4.27. The number of carbonyl (C=O) groups is 1. The molecule has 1 amide bonds. The molecule has 1 aromatic heterocycles. The lowest BCUT2D eigenvalue weighted by atomic mass is 10.2. The Morgan fingerprint density at radius 2 is 2.35 bits per heavy atom. The monoisotopic (exact) mass is 378 g/mol. The second-order valence-electron chi connectivity index (χ2n) is 5.57. The van der Waals surface area contributed by atoms with Gasteiger partial charge in [0, 0.05) is 36.0 Å². The quantitative estimate of drug-likeness (QED) is 0.836. The van der Waals surface area contributed by atoms with Crippen molar-refractivity contribution in [3.05, 3.63) is 40.8 Å². The van der Waals surface area contributed by atoms with Gasteiger partial charge in [0.05, 0.1) is 12.3 Å². The Hall–Kier alpha value is -1.66. The van der Waals surface area contributed by atoms with E-state index in [4.69, 9.17) is 9.15 Å². The van der Waals surface area contributed by atoms with Gasteiger partial charge in [-0.15, -0.1) is 0 Å². The molecule has 2 heterocycles. The summed E-state index contributed by atoms with van der Waals surface area (Å²) in [7, 11) is 0. The molecule has 1 fully saturated rings. The zero-order chi connectivity index (χ0) is 16.1. The van der Waals surface area contributed by atoms with Gasteiger partial charge in [-0.05, 0) is 25.0 Å². The van der Waals surface area contributed by atoms with Crippen molar-refractivity contribution in [1.82, 2.24) is 10.3 Å². The average Bonchev–Trinajstić information content (AvgIpc) is 3.22. The maximum atomic E-state index is 11.9. The van der Waals surface area contributed by atoms with E-state index >= 15 is 0 Å². The molecular weight excluding hydrogens is 360 g/mol. The highest BCUT2D eigenvalue weighted by Crippen LogP contribution is 2.24. The van der Waals surface area contributed by atoms with Crippen molar-refractivity contribution in [2.45, 2.75) is 31.8 Å². The fourth-order valence-electron chi connectivity index (χ4n) is 2.54. The van der Waals surface area contributed by atoms with Crippen LogP contribution in [0.25, 0.3) is 11.3 Å². The molecule has 5 nitrogen and oxygen atoms in total. The lowest BCUT2D eigenvalue weighted by Gasteiger charge is -2.10. The summed E-state index contributed by atoms with van der Waals surface area (Å²) in [5, 5.41) is 2.90. The van der Waals surface area contributed by atoms with Crippen LogP contribution in [-0.2, 0) is 16.0 Å². The minimum Gasteiger partial charge on any atom is -0.441 e. The van der Waals surface area contributed by atoms with Gasteiger partial charge in [-0.1, -0.05) is 28.1 Å². The van der Waals surface area contributed by atoms with Gasteiger partial charge in [0.2, 0.25) is 5.91 Å². The maximum absolute atomic E-state index is 11.9. The zero-order valence-electron chi connectivity index (χ0n) is 12.8. The number of carbonyl (C=O) groups excluding carboxylic acids is 1. The van der Waals surface area contributed by atoms with Crippen LogP contribution in [0.2, 0.25) is 0 Å². The summed E-state index contributed by atoms with van der Waals surface area (Å²) in [5.41, 5.74) is 0.959. The minimum absolute atomic E-state index is 0.00251. The van der Waals surface area contributed by atoms with Crippen LogP contribution in [0, 0.1) is 0 Å². The first-order chi connectivity index (χ1) is 11.2. The summed E-state index contributed by atoms with van der Waals surface area (Å²) in [6.07, 6.45) is 4.83. The first-order valence-corrected chi connectivity index (χ1v) is 8.59. The fourth-order valence-corrected chi connectivity index (χ4v) is 2.94. The van der Waals surface area contributed by atoms with E-state index in [0.717, 1.165) is 29.5 Å². The average molecular weight is 379 g/mol. The molecule has 1 aliphatic heterocycles. The van der Waals surface area contributed by atoms with E-state index in [1.165, 1.54) is 0 Å². The van der Waals surface area contributed by atoms with Crippen LogP contribution in [-0.4, -0.2) is 30.1 Å². The molecule has 122 valence electrons. The second kappa shape index (κ2) is 7.75. The standard InChI is InChI=1S/C17H19BrN2O3/c18-13-4-1-3-12(9-13)15-11-20-17(23-15)7-6-16(21)19-10-14-5-2-8-22-14/h1,3-4,9,11,14H,2,5-8,10H2,(H,19,21)/t14-/m1/s1. The summed E-state index contributed by atoms with van der Waals surface area (Å²) in [6.45, 7) is 1.39. The molecule has 1 aliphatic rings. The highest BCUT2D eigenvalue weighted by atomic mass is 79.9. The molecule has 0 radical (unpaired) electrons. The molecule has 0 unspecified atom stereocenters. The van der Waals surface area contributed by atoms with Gasteiger partial charge in [0.1, 0.15) is 0 Å². The number of aromatic nitrogens is 1. The van der Waals surface area contributed by atoms with Gasteiger partial charge >= 0.3 is 0 Å². The summed E-state index contributed by atoms with van der Waals surface area (Å²) >= 11 is 3.44. The van der Waals surface area contributed by atoms with E-state index in [1.807, 2.05) is 24.3 Å². The Labute approximate surface area is 143 Å². The van der Waals surface area contributed by atoms with Crippen molar-refractivity contribution in [1.29, 1.82) is 0 Å². The number of amides is 1. The van der Waals surface area contributed by atoms with Gasteiger partial charge < -0.3 is 14.5 Å². The van der Waals surface area contributed by atoms with E-state index in [-0.39, 0.29) is 12.0 Å². The third-order valence-electron chi connectivity index (χ3n) is 3.78. The third kappa shape index (κ3) is 4.65. The van der Waals surface area contributed by atoms with E-state index < -0.39 is 0 Å². The first-order valence-electron chi connectivity index (χ1n) is 7.79. The number of hydrogen-bond donors (Lipinski definition) is 1. The van der Waals surface area contributed by atoms with Gasteiger partial charge in [-0.2, -0.15) is 0 Å². The highest BCUT2D eigenvalue weighted by Gasteiger charge is 2.16. The smallest absolute Gasteiger partial charge is 0.220 e. The number of nitrogens with zero attached hydrogens (tertiary/aromatic N) is 1. The second-order valence-corrected chi connectivity index (χ2v) is 6.48. The zero-order valence-corrected chi connectivity index (χ0v) is 14.3. The van der Waals surface area contributed by atoms with Gasteiger partial charge in [0.25, 0.3) is 0 Å². The lowest BCUT2D eigenvalue weighted by molar-refractivity contribution is -0.121. The number of hydrogen-bond acceptors (Lipinski definition) is 4. The molecular formula is C17H19BrN2O3. The van der Waals surface area contributed by atoms with Crippen LogP contribution < -0.4 is 5.32 Å². The molecule has 6 heteroatoms. The van der Waals surface area contributed by atoms with Crippen molar-refractivity contribution in [2.24, 2.45) is 0 Å². The number of halogens is 1. The number of nitrogens with one attached hydrogen (secondary N) is 1. The molecule has 1 saturated heterocycles. The van der Waals surface area contributed by atoms with Gasteiger partial charge in [-0.3, -0.25) is 4.79 Å². The van der Waals surface area contributed by atoms with Crippen LogP contribution in [0.15, 0.2) is 39.4 Å². The molecule has 1 atom stereocenters. The minimum atomic E-state index is 0.00251. The van der Waals surface area contributed by atoms with Crippen LogP contribution in [0.5, 0.6) is 0 Å².